The third-order valence-electron chi connectivity index (χ3n) is 2.19. The highest BCUT2D eigenvalue weighted by molar-refractivity contribution is 5.68. The molecule has 0 radical (unpaired) electrons. The smallest absolute Gasteiger partial charge is 0.407 e. The molecular formula is C10H17F2NO3. The van der Waals surface area contributed by atoms with Crippen LogP contribution in [-0.2, 0) is 4.74 Å². The molecule has 6 heteroatoms. The molecule has 1 rings (SSSR count). The summed E-state index contributed by atoms with van der Waals surface area (Å²) in [4.78, 5) is 11.3. The maximum absolute atomic E-state index is 12.9. The Hall–Kier alpha value is -0.910. The number of rotatable bonds is 1. The first-order valence-electron chi connectivity index (χ1n) is 5.14. The van der Waals surface area contributed by atoms with Crippen LogP contribution in [0.5, 0.6) is 0 Å². The number of aliphatic hydroxyl groups is 1. The van der Waals surface area contributed by atoms with Crippen molar-refractivity contribution in [1.29, 1.82) is 0 Å². The quantitative estimate of drug-likeness (QED) is 0.729. The molecule has 0 heterocycles. The van der Waals surface area contributed by atoms with Crippen LogP contribution in [0.2, 0.25) is 0 Å². The third kappa shape index (κ3) is 3.92. The van der Waals surface area contributed by atoms with Gasteiger partial charge in [0.2, 0.25) is 0 Å². The molecule has 0 saturated heterocycles. The molecule has 1 saturated carbocycles. The van der Waals surface area contributed by atoms with Crippen LogP contribution >= 0.6 is 0 Å². The molecule has 0 bridgehead atoms. The highest BCUT2D eigenvalue weighted by atomic mass is 19.3. The van der Waals surface area contributed by atoms with Crippen LogP contribution in [0.15, 0.2) is 0 Å². The van der Waals surface area contributed by atoms with Crippen molar-refractivity contribution in [3.8, 4) is 0 Å². The first kappa shape index (κ1) is 13.2. The van der Waals surface area contributed by atoms with E-state index < -0.39 is 42.6 Å². The average molecular weight is 237 g/mol. The Bertz CT molecular complexity index is 276. The van der Waals surface area contributed by atoms with Crippen molar-refractivity contribution in [1.82, 2.24) is 5.32 Å². The predicted octanol–water partition coefficient (Wildman–Crippen LogP) is 1.67. The first-order chi connectivity index (χ1) is 7.09. The second-order valence-corrected chi connectivity index (χ2v) is 5.08. The number of alkyl halides is 2. The Morgan fingerprint density at radius 3 is 2.38 bits per heavy atom. The lowest BCUT2D eigenvalue weighted by molar-refractivity contribution is -0.00365. The molecule has 94 valence electrons. The van der Waals surface area contributed by atoms with Gasteiger partial charge in [-0.05, 0) is 20.8 Å². The van der Waals surface area contributed by atoms with Crippen LogP contribution in [0, 0.1) is 0 Å². The van der Waals surface area contributed by atoms with Crippen molar-refractivity contribution in [2.24, 2.45) is 0 Å². The molecule has 0 aromatic carbocycles. The van der Waals surface area contributed by atoms with Gasteiger partial charge >= 0.3 is 6.09 Å². The lowest BCUT2D eigenvalue weighted by atomic mass is 10.2. The Kier molecular flexibility index (Phi) is 3.42. The minimum Gasteiger partial charge on any atom is -0.444 e. The van der Waals surface area contributed by atoms with Crippen molar-refractivity contribution in [3.05, 3.63) is 0 Å². The van der Waals surface area contributed by atoms with E-state index >= 15 is 0 Å². The van der Waals surface area contributed by atoms with Crippen molar-refractivity contribution in [3.63, 3.8) is 0 Å². The summed E-state index contributed by atoms with van der Waals surface area (Å²) in [5.74, 6) is -2.92. The SMILES string of the molecule is CC(C)(C)OC(=O)N[C@@H]1CC(F)(F)C[C@H]1O. The number of amides is 1. The fourth-order valence-electron chi connectivity index (χ4n) is 1.60. The highest BCUT2D eigenvalue weighted by Crippen LogP contribution is 2.35. The van der Waals surface area contributed by atoms with Gasteiger partial charge in [0.25, 0.3) is 5.92 Å². The number of halogens is 2. The van der Waals surface area contributed by atoms with E-state index in [0.717, 1.165) is 0 Å². The van der Waals surface area contributed by atoms with Gasteiger partial charge in [0, 0.05) is 12.8 Å². The summed E-state index contributed by atoms with van der Waals surface area (Å²) in [6.45, 7) is 5.02. The van der Waals surface area contributed by atoms with Gasteiger partial charge in [0.05, 0.1) is 12.1 Å². The van der Waals surface area contributed by atoms with Gasteiger partial charge in [-0.25, -0.2) is 13.6 Å². The average Bonchev–Trinajstić information content (AvgIpc) is 2.19. The first-order valence-corrected chi connectivity index (χ1v) is 5.14. The normalized spacial score (nSPS) is 28.9. The van der Waals surface area contributed by atoms with E-state index in [0.29, 0.717) is 0 Å². The van der Waals surface area contributed by atoms with Crippen LogP contribution in [-0.4, -0.2) is 34.9 Å². The summed E-state index contributed by atoms with van der Waals surface area (Å²) in [6, 6.07) is -0.940. The Morgan fingerprint density at radius 1 is 1.44 bits per heavy atom. The molecule has 4 nitrogen and oxygen atoms in total. The predicted molar refractivity (Wildman–Crippen MR) is 53.3 cm³/mol. The van der Waals surface area contributed by atoms with Crippen LogP contribution in [0.4, 0.5) is 13.6 Å². The number of aliphatic hydroxyl groups excluding tert-OH is 1. The lowest BCUT2D eigenvalue weighted by Crippen LogP contribution is -2.42. The van der Waals surface area contributed by atoms with Crippen LogP contribution < -0.4 is 5.32 Å². The second kappa shape index (κ2) is 4.16. The van der Waals surface area contributed by atoms with Gasteiger partial charge in [-0.1, -0.05) is 0 Å². The van der Waals surface area contributed by atoms with Gasteiger partial charge in [-0.3, -0.25) is 0 Å². The minimum absolute atomic E-state index is 0.548. The molecule has 0 spiro atoms. The molecule has 0 unspecified atom stereocenters. The van der Waals surface area contributed by atoms with E-state index in [1.54, 1.807) is 20.8 Å². The fraction of sp³-hybridized carbons (Fsp3) is 0.900. The molecular weight excluding hydrogens is 220 g/mol. The Morgan fingerprint density at radius 2 is 2.00 bits per heavy atom. The summed E-state index contributed by atoms with van der Waals surface area (Å²) in [5.41, 5.74) is -0.684. The zero-order chi connectivity index (χ0) is 12.6. The largest absolute Gasteiger partial charge is 0.444 e. The van der Waals surface area contributed by atoms with Gasteiger partial charge in [-0.2, -0.15) is 0 Å². The number of ether oxygens (including phenoxy) is 1. The summed E-state index contributed by atoms with van der Waals surface area (Å²) < 4.78 is 30.7. The zero-order valence-electron chi connectivity index (χ0n) is 9.59. The van der Waals surface area contributed by atoms with Crippen molar-refractivity contribution in [2.75, 3.05) is 0 Å². The second-order valence-electron chi connectivity index (χ2n) is 5.08. The lowest BCUT2D eigenvalue weighted by Gasteiger charge is -2.22. The van der Waals surface area contributed by atoms with Gasteiger partial charge in [0.15, 0.2) is 0 Å². The molecule has 1 aliphatic carbocycles. The van der Waals surface area contributed by atoms with Crippen LogP contribution in [0.3, 0.4) is 0 Å². The van der Waals surface area contributed by atoms with E-state index in [-0.39, 0.29) is 0 Å². The molecule has 0 aromatic heterocycles. The molecule has 2 atom stereocenters. The number of alkyl carbamates (subject to hydrolysis) is 1. The molecule has 16 heavy (non-hydrogen) atoms. The molecule has 1 fully saturated rings. The fourth-order valence-corrected chi connectivity index (χ4v) is 1.60. The number of hydrogen-bond donors (Lipinski definition) is 2. The van der Waals surface area contributed by atoms with Crippen LogP contribution in [0.1, 0.15) is 33.6 Å². The Labute approximate surface area is 93.0 Å². The minimum atomic E-state index is -2.92. The monoisotopic (exact) mass is 237 g/mol. The zero-order valence-corrected chi connectivity index (χ0v) is 9.59. The number of carbonyl (C=O) groups excluding carboxylic acids is 1. The van der Waals surface area contributed by atoms with Crippen LogP contribution in [0.25, 0.3) is 0 Å². The highest BCUT2D eigenvalue weighted by Gasteiger charge is 2.46. The standard InChI is InChI=1S/C10H17F2NO3/c1-9(2,3)16-8(15)13-6-4-10(11,12)5-7(6)14/h6-7,14H,4-5H2,1-3H3,(H,13,15)/t6-,7-/m1/s1. The molecule has 0 aromatic rings. The molecule has 1 amide bonds. The number of carbonyl (C=O) groups is 1. The van der Waals surface area contributed by atoms with Gasteiger partial charge in [-0.15, -0.1) is 0 Å². The van der Waals surface area contributed by atoms with Gasteiger partial charge < -0.3 is 15.2 Å². The number of nitrogens with one attached hydrogen (secondary N) is 1. The molecule has 2 N–H and O–H groups in total. The van der Waals surface area contributed by atoms with E-state index in [1.165, 1.54) is 0 Å². The van der Waals surface area contributed by atoms with Gasteiger partial charge in [0.1, 0.15) is 5.60 Å². The molecule has 0 aliphatic heterocycles. The van der Waals surface area contributed by atoms with Crippen molar-refractivity contribution >= 4 is 6.09 Å². The van der Waals surface area contributed by atoms with Crippen molar-refractivity contribution < 1.29 is 23.4 Å². The molecule has 1 aliphatic rings. The summed E-state index contributed by atoms with van der Waals surface area (Å²) in [6.07, 6.45) is -3.17. The maximum Gasteiger partial charge on any atom is 0.407 e. The van der Waals surface area contributed by atoms with E-state index in [1.807, 2.05) is 0 Å². The Balaban J connectivity index is 2.47. The summed E-state index contributed by atoms with van der Waals surface area (Å²) in [7, 11) is 0. The topological polar surface area (TPSA) is 58.6 Å². The summed E-state index contributed by atoms with van der Waals surface area (Å²) >= 11 is 0. The van der Waals surface area contributed by atoms with Crippen molar-refractivity contribution in [2.45, 2.75) is 57.3 Å². The van der Waals surface area contributed by atoms with E-state index in [9.17, 15) is 18.7 Å². The maximum atomic E-state index is 12.9. The van der Waals surface area contributed by atoms with E-state index in [2.05, 4.69) is 5.32 Å². The number of hydrogen-bond acceptors (Lipinski definition) is 3. The van der Waals surface area contributed by atoms with E-state index in [4.69, 9.17) is 4.74 Å². The summed E-state index contributed by atoms with van der Waals surface area (Å²) in [5, 5.41) is 11.6. The third-order valence-corrected chi connectivity index (χ3v) is 2.19.